The maximum absolute atomic E-state index is 11.5. The average molecular weight is 270 g/mol. The van der Waals surface area contributed by atoms with E-state index in [1.807, 2.05) is 6.07 Å². The van der Waals surface area contributed by atoms with Crippen molar-refractivity contribution in [2.75, 3.05) is 22.3 Å². The van der Waals surface area contributed by atoms with Gasteiger partial charge in [0.15, 0.2) is 5.75 Å². The summed E-state index contributed by atoms with van der Waals surface area (Å²) in [4.78, 5) is 10.4. The van der Waals surface area contributed by atoms with Gasteiger partial charge in [0.2, 0.25) is 10.0 Å². The van der Waals surface area contributed by atoms with Crippen molar-refractivity contribution in [3.05, 3.63) is 23.8 Å². The SMILES string of the molecule is O=C(O)CS(=O)(=O)Nc1ccc2c(c1)NCCC2. The Bertz CT molecular complexity index is 568. The van der Waals surface area contributed by atoms with E-state index in [2.05, 4.69) is 10.0 Å². The summed E-state index contributed by atoms with van der Waals surface area (Å²) in [6.07, 6.45) is 2.02. The Kier molecular flexibility index (Phi) is 3.42. The number of aliphatic carboxylic acids is 1. The van der Waals surface area contributed by atoms with Crippen molar-refractivity contribution in [3.8, 4) is 0 Å². The van der Waals surface area contributed by atoms with Gasteiger partial charge in [0.1, 0.15) is 0 Å². The molecule has 0 spiro atoms. The number of rotatable bonds is 4. The van der Waals surface area contributed by atoms with Crippen molar-refractivity contribution in [1.29, 1.82) is 0 Å². The van der Waals surface area contributed by atoms with Crippen molar-refractivity contribution in [2.45, 2.75) is 12.8 Å². The summed E-state index contributed by atoms with van der Waals surface area (Å²) in [6, 6.07) is 5.18. The minimum Gasteiger partial charge on any atom is -0.480 e. The summed E-state index contributed by atoms with van der Waals surface area (Å²) < 4.78 is 25.2. The molecular formula is C11H14N2O4S. The van der Waals surface area contributed by atoms with E-state index in [9.17, 15) is 13.2 Å². The molecule has 0 unspecified atom stereocenters. The number of nitrogens with one attached hydrogen (secondary N) is 2. The van der Waals surface area contributed by atoms with E-state index >= 15 is 0 Å². The third-order valence-electron chi connectivity index (χ3n) is 2.64. The maximum Gasteiger partial charge on any atom is 0.320 e. The number of benzene rings is 1. The highest BCUT2D eigenvalue weighted by atomic mass is 32.2. The Morgan fingerprint density at radius 3 is 2.94 bits per heavy atom. The molecule has 1 heterocycles. The second kappa shape index (κ2) is 4.85. The van der Waals surface area contributed by atoms with Crippen LogP contribution < -0.4 is 10.0 Å². The van der Waals surface area contributed by atoms with E-state index in [0.717, 1.165) is 30.6 Å². The number of carbonyl (C=O) groups is 1. The molecule has 7 heteroatoms. The summed E-state index contributed by atoms with van der Waals surface area (Å²) in [7, 11) is -3.84. The molecule has 6 nitrogen and oxygen atoms in total. The Labute approximate surface area is 105 Å². The zero-order chi connectivity index (χ0) is 13.2. The first kappa shape index (κ1) is 12.7. The number of hydrogen-bond donors (Lipinski definition) is 3. The highest BCUT2D eigenvalue weighted by Crippen LogP contribution is 2.25. The standard InChI is InChI=1S/C11H14N2O4S/c14-11(15)7-18(16,17)13-9-4-3-8-2-1-5-12-10(8)6-9/h3-4,6,12-13H,1-2,5,7H2,(H,14,15). The molecule has 0 aliphatic carbocycles. The van der Waals surface area contributed by atoms with Crippen LogP contribution in [0.25, 0.3) is 0 Å². The van der Waals surface area contributed by atoms with Gasteiger partial charge < -0.3 is 10.4 Å². The number of aryl methyl sites for hydroxylation is 1. The number of hydrogen-bond acceptors (Lipinski definition) is 4. The topological polar surface area (TPSA) is 95.5 Å². The Morgan fingerprint density at radius 1 is 1.44 bits per heavy atom. The molecule has 1 aromatic rings. The molecule has 0 saturated carbocycles. The maximum atomic E-state index is 11.5. The van der Waals surface area contributed by atoms with Gasteiger partial charge in [0, 0.05) is 12.2 Å². The van der Waals surface area contributed by atoms with Crippen molar-refractivity contribution < 1.29 is 18.3 Å². The van der Waals surface area contributed by atoms with Gasteiger partial charge in [-0.3, -0.25) is 9.52 Å². The summed E-state index contributed by atoms with van der Waals surface area (Å²) in [5.74, 6) is -2.31. The quantitative estimate of drug-likeness (QED) is 0.754. The molecule has 0 atom stereocenters. The van der Waals surface area contributed by atoms with Crippen molar-refractivity contribution >= 4 is 27.4 Å². The van der Waals surface area contributed by atoms with Gasteiger partial charge in [0.05, 0.1) is 5.69 Å². The fraction of sp³-hybridized carbons (Fsp3) is 0.364. The molecule has 1 aliphatic rings. The summed E-state index contributed by atoms with van der Waals surface area (Å²) in [6.45, 7) is 0.859. The lowest BCUT2D eigenvalue weighted by Gasteiger charge is -2.19. The normalized spacial score (nSPS) is 14.4. The molecule has 0 bridgehead atoms. The Hall–Kier alpha value is -1.76. The highest BCUT2D eigenvalue weighted by molar-refractivity contribution is 7.93. The molecule has 98 valence electrons. The summed E-state index contributed by atoms with van der Waals surface area (Å²) >= 11 is 0. The molecule has 1 aromatic carbocycles. The lowest BCUT2D eigenvalue weighted by molar-refractivity contribution is -0.134. The first-order valence-electron chi connectivity index (χ1n) is 5.55. The van der Waals surface area contributed by atoms with E-state index in [4.69, 9.17) is 5.11 Å². The molecule has 3 N–H and O–H groups in total. The van der Waals surface area contributed by atoms with Crippen LogP contribution in [0, 0.1) is 0 Å². The van der Waals surface area contributed by atoms with Gasteiger partial charge in [-0.15, -0.1) is 0 Å². The zero-order valence-corrected chi connectivity index (χ0v) is 10.5. The van der Waals surface area contributed by atoms with Crippen LogP contribution in [0.3, 0.4) is 0 Å². The molecule has 0 aromatic heterocycles. The summed E-state index contributed by atoms with van der Waals surface area (Å²) in [5, 5.41) is 11.7. The lowest BCUT2D eigenvalue weighted by atomic mass is 10.0. The molecule has 1 aliphatic heterocycles. The van der Waals surface area contributed by atoms with Crippen LogP contribution in [-0.2, 0) is 21.2 Å². The minimum absolute atomic E-state index is 0.379. The highest BCUT2D eigenvalue weighted by Gasteiger charge is 2.16. The largest absolute Gasteiger partial charge is 0.480 e. The van der Waals surface area contributed by atoms with E-state index in [-0.39, 0.29) is 0 Å². The Morgan fingerprint density at radius 2 is 2.22 bits per heavy atom. The number of sulfonamides is 1. The third-order valence-corrected chi connectivity index (χ3v) is 3.81. The van der Waals surface area contributed by atoms with Crippen molar-refractivity contribution in [1.82, 2.24) is 0 Å². The van der Waals surface area contributed by atoms with Gasteiger partial charge in [-0.2, -0.15) is 0 Å². The van der Waals surface area contributed by atoms with Crippen molar-refractivity contribution in [2.24, 2.45) is 0 Å². The first-order valence-corrected chi connectivity index (χ1v) is 7.20. The van der Waals surface area contributed by atoms with Gasteiger partial charge in [0.25, 0.3) is 0 Å². The van der Waals surface area contributed by atoms with Gasteiger partial charge in [-0.05, 0) is 30.5 Å². The molecular weight excluding hydrogens is 256 g/mol. The molecule has 0 amide bonds. The smallest absolute Gasteiger partial charge is 0.320 e. The number of anilines is 2. The van der Waals surface area contributed by atoms with Crippen molar-refractivity contribution in [3.63, 3.8) is 0 Å². The van der Waals surface area contributed by atoms with Gasteiger partial charge in [-0.1, -0.05) is 6.07 Å². The monoisotopic (exact) mass is 270 g/mol. The molecule has 0 radical (unpaired) electrons. The molecule has 18 heavy (non-hydrogen) atoms. The number of carboxylic acid groups (broad SMARTS) is 1. The minimum atomic E-state index is -3.84. The average Bonchev–Trinajstić information content (AvgIpc) is 2.26. The first-order chi connectivity index (χ1) is 8.46. The van der Waals surface area contributed by atoms with Crippen LogP contribution >= 0.6 is 0 Å². The van der Waals surface area contributed by atoms with Crippen LogP contribution in [0.2, 0.25) is 0 Å². The summed E-state index contributed by atoms with van der Waals surface area (Å²) in [5.41, 5.74) is 2.42. The second-order valence-corrected chi connectivity index (χ2v) is 5.88. The van der Waals surface area contributed by atoms with Gasteiger partial charge >= 0.3 is 5.97 Å². The molecule has 2 rings (SSSR count). The second-order valence-electron chi connectivity index (χ2n) is 4.16. The zero-order valence-electron chi connectivity index (χ0n) is 9.64. The van der Waals surface area contributed by atoms with Crippen LogP contribution in [0.1, 0.15) is 12.0 Å². The van der Waals surface area contributed by atoms with E-state index in [1.54, 1.807) is 12.1 Å². The van der Waals surface area contributed by atoms with Crippen LogP contribution in [-0.4, -0.2) is 31.8 Å². The number of fused-ring (bicyclic) bond motifs is 1. The van der Waals surface area contributed by atoms with Crippen LogP contribution in [0.5, 0.6) is 0 Å². The van der Waals surface area contributed by atoms with E-state index < -0.39 is 21.7 Å². The van der Waals surface area contributed by atoms with Crippen LogP contribution in [0.15, 0.2) is 18.2 Å². The van der Waals surface area contributed by atoms with E-state index in [0.29, 0.717) is 5.69 Å². The number of carboxylic acids is 1. The fourth-order valence-electron chi connectivity index (χ4n) is 1.90. The van der Waals surface area contributed by atoms with E-state index in [1.165, 1.54) is 0 Å². The molecule has 0 saturated heterocycles. The van der Waals surface area contributed by atoms with Gasteiger partial charge in [-0.25, -0.2) is 8.42 Å². The third kappa shape index (κ3) is 3.13. The lowest BCUT2D eigenvalue weighted by Crippen LogP contribution is -2.22. The predicted octanol–water partition coefficient (Wildman–Crippen LogP) is 0.871. The predicted molar refractivity (Wildman–Crippen MR) is 68.3 cm³/mol. The molecule has 0 fully saturated rings. The Balaban J connectivity index is 2.17. The fourth-order valence-corrected chi connectivity index (χ4v) is 2.79. The van der Waals surface area contributed by atoms with Crippen LogP contribution in [0.4, 0.5) is 11.4 Å².